The smallest absolute Gasteiger partial charge is 0.871 e. The zero-order valence-electron chi connectivity index (χ0n) is 8.94. The molecule has 2 N–H and O–H groups in total. The first-order valence-electron chi connectivity index (χ1n) is 4.08. The molecule has 0 radical (unpaired) electrons. The molecule has 0 atom stereocenters. The predicted molar refractivity (Wildman–Crippen MR) is 55.4 cm³/mol. The summed E-state index contributed by atoms with van der Waals surface area (Å²) in [5, 5.41) is 12.0. The maximum atomic E-state index is 11.1. The Hall–Kier alpha value is -0.0636. The van der Waals surface area contributed by atoms with Crippen molar-refractivity contribution in [1.29, 1.82) is 0 Å². The fourth-order valence-electron chi connectivity index (χ4n) is 1.08. The molecule has 0 unspecified atom stereocenters. The molecule has 2 aromatic rings. The largest absolute Gasteiger partial charge is 1.00 e. The first-order chi connectivity index (χ1) is 7.38. The molecule has 0 fully saturated rings. The monoisotopic (exact) mass is 281 g/mol. The van der Waals surface area contributed by atoms with E-state index < -0.39 is 10.4 Å². The first-order valence-corrected chi connectivity index (χ1v) is 5.48. The van der Waals surface area contributed by atoms with E-state index in [1.54, 1.807) is 12.3 Å². The summed E-state index contributed by atoms with van der Waals surface area (Å²) in [5.74, 6) is -0.0110. The van der Waals surface area contributed by atoms with Crippen molar-refractivity contribution in [2.24, 2.45) is 0 Å². The summed E-state index contributed by atoms with van der Waals surface area (Å²) in [4.78, 5) is 3.97. The second-order valence-electron chi connectivity index (χ2n) is 2.78. The van der Waals surface area contributed by atoms with E-state index in [9.17, 15) is 5.11 Å². The second-order valence-corrected chi connectivity index (χ2v) is 3.67. The molecule has 0 spiro atoms. The van der Waals surface area contributed by atoms with Crippen LogP contribution in [0.25, 0.3) is 10.9 Å². The average Bonchev–Trinajstić information content (AvgIpc) is 2.16. The quantitative estimate of drug-likeness (QED) is 0.413. The van der Waals surface area contributed by atoms with Gasteiger partial charge in [-0.25, -0.2) is 0 Å². The van der Waals surface area contributed by atoms with Crippen molar-refractivity contribution in [2.75, 3.05) is 0 Å². The Morgan fingerprint density at radius 2 is 1.65 bits per heavy atom. The van der Waals surface area contributed by atoms with E-state index in [0.29, 0.717) is 5.52 Å². The number of hydrogen-bond donors (Lipinski definition) is 2. The van der Waals surface area contributed by atoms with Gasteiger partial charge >= 0.3 is 61.8 Å². The van der Waals surface area contributed by atoms with Crippen LogP contribution in [0.4, 0.5) is 0 Å². The van der Waals surface area contributed by atoms with Crippen LogP contribution >= 0.6 is 0 Å². The van der Waals surface area contributed by atoms with Gasteiger partial charge in [0, 0.05) is 6.20 Å². The SMILES string of the molecule is O=S(=O)(O)O.[K+].[O-]c1cccc2cccnc12. The predicted octanol–water partition coefficient (Wildman–Crippen LogP) is -2.34. The molecule has 0 bridgehead atoms. The Morgan fingerprint density at radius 1 is 1.12 bits per heavy atom. The summed E-state index contributed by atoms with van der Waals surface area (Å²) in [6.07, 6.45) is 1.63. The van der Waals surface area contributed by atoms with Gasteiger partial charge in [-0.1, -0.05) is 30.0 Å². The van der Waals surface area contributed by atoms with Crippen LogP contribution in [-0.2, 0) is 10.4 Å². The van der Waals surface area contributed by atoms with Crippen LogP contribution in [0.2, 0.25) is 0 Å². The molecular weight excluding hydrogens is 273 g/mol. The number of aromatic nitrogens is 1. The van der Waals surface area contributed by atoms with Gasteiger partial charge in [0.1, 0.15) is 0 Å². The maximum absolute atomic E-state index is 11.1. The van der Waals surface area contributed by atoms with Crippen LogP contribution in [0.5, 0.6) is 5.75 Å². The van der Waals surface area contributed by atoms with Crippen LogP contribution in [-0.4, -0.2) is 22.5 Å². The van der Waals surface area contributed by atoms with Gasteiger partial charge in [-0.15, -0.1) is 0 Å². The van der Waals surface area contributed by atoms with Crippen molar-refractivity contribution in [3.63, 3.8) is 0 Å². The number of fused-ring (bicyclic) bond motifs is 1. The molecule has 0 saturated heterocycles. The minimum absolute atomic E-state index is 0. The number of benzene rings is 1. The molecule has 0 aliphatic heterocycles. The van der Waals surface area contributed by atoms with Crippen molar-refractivity contribution in [3.05, 3.63) is 36.5 Å². The first kappa shape index (κ1) is 16.9. The summed E-state index contributed by atoms with van der Waals surface area (Å²) in [7, 11) is -4.67. The molecular formula is C9H8KNO5S. The van der Waals surface area contributed by atoms with Crippen molar-refractivity contribution in [2.45, 2.75) is 0 Å². The van der Waals surface area contributed by atoms with Gasteiger partial charge in [-0.2, -0.15) is 8.42 Å². The fourth-order valence-corrected chi connectivity index (χ4v) is 1.08. The van der Waals surface area contributed by atoms with E-state index >= 15 is 0 Å². The van der Waals surface area contributed by atoms with E-state index in [1.165, 1.54) is 6.07 Å². The van der Waals surface area contributed by atoms with E-state index in [1.807, 2.05) is 18.2 Å². The molecule has 6 nitrogen and oxygen atoms in total. The van der Waals surface area contributed by atoms with E-state index in [-0.39, 0.29) is 57.1 Å². The minimum atomic E-state index is -4.67. The summed E-state index contributed by atoms with van der Waals surface area (Å²) in [5.41, 5.74) is 0.551. The van der Waals surface area contributed by atoms with Gasteiger partial charge in [-0.3, -0.25) is 14.1 Å². The zero-order chi connectivity index (χ0) is 12.2. The molecule has 8 heteroatoms. The van der Waals surface area contributed by atoms with Gasteiger partial charge in [0.2, 0.25) is 0 Å². The third-order valence-electron chi connectivity index (χ3n) is 1.60. The number of para-hydroxylation sites is 1. The van der Waals surface area contributed by atoms with Gasteiger partial charge in [0.25, 0.3) is 0 Å². The standard InChI is InChI=1S/C9H7NO.K.H2O4S/c11-8-5-1-3-7-4-2-6-10-9(7)8;;1-5(2,3)4/h1-6,11H;;(H2,1,2,3,4)/q;+1;/p-1. The molecule has 0 amide bonds. The summed E-state index contributed by atoms with van der Waals surface area (Å²) >= 11 is 0. The summed E-state index contributed by atoms with van der Waals surface area (Å²) in [6, 6.07) is 8.84. The van der Waals surface area contributed by atoms with Gasteiger partial charge in [-0.05, 0) is 11.5 Å². The Labute approximate surface area is 141 Å². The molecule has 1 aromatic heterocycles. The molecule has 0 saturated carbocycles. The van der Waals surface area contributed by atoms with E-state index in [4.69, 9.17) is 17.5 Å². The maximum Gasteiger partial charge on any atom is 1.00 e. The van der Waals surface area contributed by atoms with Gasteiger partial charge in [0.15, 0.2) is 0 Å². The number of pyridine rings is 1. The summed E-state index contributed by atoms with van der Waals surface area (Å²) < 4.78 is 31.6. The Morgan fingerprint density at radius 3 is 2.18 bits per heavy atom. The average molecular weight is 281 g/mol. The Balaban J connectivity index is 0.000000373. The van der Waals surface area contributed by atoms with Gasteiger partial charge < -0.3 is 5.11 Å². The van der Waals surface area contributed by atoms with Crippen molar-refractivity contribution >= 4 is 21.3 Å². The van der Waals surface area contributed by atoms with E-state index in [0.717, 1.165) is 5.39 Å². The normalized spacial score (nSPS) is 10.0. The Bertz CT molecular complexity index is 573. The van der Waals surface area contributed by atoms with Crippen molar-refractivity contribution < 1.29 is 74.0 Å². The molecule has 2 rings (SSSR count). The molecule has 0 aliphatic carbocycles. The van der Waals surface area contributed by atoms with Crippen molar-refractivity contribution in [1.82, 2.24) is 4.98 Å². The third kappa shape index (κ3) is 7.06. The van der Waals surface area contributed by atoms with Crippen LogP contribution in [0.3, 0.4) is 0 Å². The van der Waals surface area contributed by atoms with Crippen LogP contribution in [0.15, 0.2) is 36.5 Å². The topological polar surface area (TPSA) is 111 Å². The summed E-state index contributed by atoms with van der Waals surface area (Å²) in [6.45, 7) is 0. The van der Waals surface area contributed by atoms with Gasteiger partial charge in [0.05, 0.1) is 5.52 Å². The molecule has 0 aliphatic rings. The molecule has 17 heavy (non-hydrogen) atoms. The minimum Gasteiger partial charge on any atom is -0.871 e. The second kappa shape index (κ2) is 7.39. The molecule has 86 valence electrons. The number of nitrogens with zero attached hydrogens (tertiary/aromatic N) is 1. The zero-order valence-corrected chi connectivity index (χ0v) is 12.9. The Kier molecular flexibility index (Phi) is 7.36. The molecule has 1 heterocycles. The number of rotatable bonds is 0. The van der Waals surface area contributed by atoms with Crippen molar-refractivity contribution in [3.8, 4) is 5.75 Å². The molecule has 1 aromatic carbocycles. The van der Waals surface area contributed by atoms with Crippen LogP contribution < -0.4 is 56.5 Å². The number of hydrogen-bond acceptors (Lipinski definition) is 4. The third-order valence-corrected chi connectivity index (χ3v) is 1.60. The van der Waals surface area contributed by atoms with E-state index in [2.05, 4.69) is 4.98 Å². The van der Waals surface area contributed by atoms with Crippen LogP contribution in [0, 0.1) is 0 Å². The fraction of sp³-hybridized carbons (Fsp3) is 0. The van der Waals surface area contributed by atoms with Crippen LogP contribution in [0.1, 0.15) is 0 Å².